The molecule has 0 saturated heterocycles. The Balaban J connectivity index is 1.27. The Morgan fingerprint density at radius 2 is 0.860 bits per heavy atom. The number of benzene rings is 7. The zero-order chi connectivity index (χ0) is 33.0. The van der Waals surface area contributed by atoms with Crippen LogP contribution in [0.15, 0.2) is 180 Å². The molecule has 7 aromatic carbocycles. The van der Waals surface area contributed by atoms with E-state index in [9.17, 15) is 0 Å². The Hall–Kier alpha value is -6.78. The number of aromatic nitrogens is 3. The van der Waals surface area contributed by atoms with E-state index in [1.54, 1.807) is 0 Å². The molecule has 0 N–H and O–H groups in total. The van der Waals surface area contributed by atoms with Gasteiger partial charge in [-0.25, -0.2) is 9.97 Å². The summed E-state index contributed by atoms with van der Waals surface area (Å²) in [5, 5.41) is 4.59. The van der Waals surface area contributed by atoms with Crippen LogP contribution >= 0.6 is 0 Å². The number of fused-ring (bicyclic) bond motifs is 6. The van der Waals surface area contributed by atoms with E-state index in [0.29, 0.717) is 5.82 Å². The SMILES string of the molecule is c1ccc(-c2nc(-c3ccccc3)c(-n3c4ccccc4c4cc(-c5ccc6oc7ccccc7c6c5)ccc43)c(-c3ccccc3)n2)cc1. The molecule has 0 spiro atoms. The van der Waals surface area contributed by atoms with E-state index in [-0.39, 0.29) is 0 Å². The number of para-hydroxylation sites is 2. The van der Waals surface area contributed by atoms with Crippen LogP contribution in [0.1, 0.15) is 0 Å². The molecule has 0 bridgehead atoms. The summed E-state index contributed by atoms with van der Waals surface area (Å²) in [5.41, 5.74) is 12.0. The van der Waals surface area contributed by atoms with Crippen molar-refractivity contribution in [3.63, 3.8) is 0 Å². The second-order valence-electron chi connectivity index (χ2n) is 12.6. The molecule has 3 heterocycles. The third kappa shape index (κ3) is 4.54. The Morgan fingerprint density at radius 3 is 1.54 bits per heavy atom. The second-order valence-corrected chi connectivity index (χ2v) is 12.6. The van der Waals surface area contributed by atoms with Crippen LogP contribution in [0.3, 0.4) is 0 Å². The molecule has 0 aliphatic heterocycles. The first-order valence-electron chi connectivity index (χ1n) is 16.8. The molecule has 234 valence electrons. The summed E-state index contributed by atoms with van der Waals surface area (Å²) >= 11 is 0. The van der Waals surface area contributed by atoms with Crippen molar-refractivity contribution in [2.75, 3.05) is 0 Å². The van der Waals surface area contributed by atoms with E-state index in [1.165, 1.54) is 10.8 Å². The third-order valence-corrected chi connectivity index (χ3v) is 9.62. The van der Waals surface area contributed by atoms with Crippen molar-refractivity contribution in [3.8, 4) is 50.7 Å². The van der Waals surface area contributed by atoms with Gasteiger partial charge in [-0.15, -0.1) is 0 Å². The minimum atomic E-state index is 0.692. The molecule has 0 aliphatic rings. The molecule has 10 rings (SSSR count). The first-order chi connectivity index (χ1) is 24.8. The second kappa shape index (κ2) is 11.4. The lowest BCUT2D eigenvalue weighted by Crippen LogP contribution is -2.06. The molecule has 3 aromatic heterocycles. The van der Waals surface area contributed by atoms with Gasteiger partial charge in [0.15, 0.2) is 5.82 Å². The molecule has 0 radical (unpaired) electrons. The molecule has 4 heteroatoms. The highest BCUT2D eigenvalue weighted by molar-refractivity contribution is 6.12. The third-order valence-electron chi connectivity index (χ3n) is 9.62. The fraction of sp³-hybridized carbons (Fsp3) is 0. The first-order valence-corrected chi connectivity index (χ1v) is 16.8. The summed E-state index contributed by atoms with van der Waals surface area (Å²) in [6, 6.07) is 61.3. The number of rotatable bonds is 5. The van der Waals surface area contributed by atoms with Crippen LogP contribution in [0.5, 0.6) is 0 Å². The van der Waals surface area contributed by atoms with E-state index in [0.717, 1.165) is 77.9 Å². The van der Waals surface area contributed by atoms with Crippen LogP contribution in [-0.4, -0.2) is 14.5 Å². The molecule has 0 saturated carbocycles. The van der Waals surface area contributed by atoms with Crippen molar-refractivity contribution in [1.82, 2.24) is 14.5 Å². The van der Waals surface area contributed by atoms with Gasteiger partial charge in [0.2, 0.25) is 0 Å². The Morgan fingerprint density at radius 1 is 0.360 bits per heavy atom. The summed E-state index contributed by atoms with van der Waals surface area (Å²) in [6.45, 7) is 0. The van der Waals surface area contributed by atoms with Crippen molar-refractivity contribution in [2.45, 2.75) is 0 Å². The van der Waals surface area contributed by atoms with Crippen molar-refractivity contribution in [3.05, 3.63) is 176 Å². The number of furan rings is 1. The van der Waals surface area contributed by atoms with Gasteiger partial charge < -0.3 is 8.98 Å². The predicted octanol–water partition coefficient (Wildman–Crippen LogP) is 12.1. The maximum Gasteiger partial charge on any atom is 0.160 e. The molecular weight excluding hydrogens is 611 g/mol. The Kier molecular flexibility index (Phi) is 6.46. The number of hydrogen-bond acceptors (Lipinski definition) is 3. The first kappa shape index (κ1) is 28.3. The molecule has 0 unspecified atom stereocenters. The van der Waals surface area contributed by atoms with Crippen molar-refractivity contribution >= 4 is 43.7 Å². The van der Waals surface area contributed by atoms with E-state index < -0.39 is 0 Å². The minimum Gasteiger partial charge on any atom is -0.456 e. The Labute approximate surface area is 288 Å². The summed E-state index contributed by atoms with van der Waals surface area (Å²) in [4.78, 5) is 10.7. The zero-order valence-corrected chi connectivity index (χ0v) is 27.0. The smallest absolute Gasteiger partial charge is 0.160 e. The number of nitrogens with zero attached hydrogens (tertiary/aromatic N) is 3. The van der Waals surface area contributed by atoms with E-state index in [4.69, 9.17) is 14.4 Å². The van der Waals surface area contributed by atoms with Crippen molar-refractivity contribution in [1.29, 1.82) is 0 Å². The maximum absolute atomic E-state index is 6.14. The molecule has 0 amide bonds. The van der Waals surface area contributed by atoms with Gasteiger partial charge in [0, 0.05) is 38.2 Å². The van der Waals surface area contributed by atoms with Gasteiger partial charge in [0.1, 0.15) is 11.2 Å². The number of hydrogen-bond donors (Lipinski definition) is 0. The lowest BCUT2D eigenvalue weighted by atomic mass is 10.0. The van der Waals surface area contributed by atoms with Crippen LogP contribution < -0.4 is 0 Å². The average molecular weight is 640 g/mol. The fourth-order valence-electron chi connectivity index (χ4n) is 7.28. The highest BCUT2D eigenvalue weighted by Crippen LogP contribution is 2.42. The van der Waals surface area contributed by atoms with Crippen LogP contribution in [0, 0.1) is 0 Å². The highest BCUT2D eigenvalue weighted by Gasteiger charge is 2.24. The van der Waals surface area contributed by atoms with Crippen LogP contribution in [0.4, 0.5) is 0 Å². The van der Waals surface area contributed by atoms with Crippen LogP contribution in [0.2, 0.25) is 0 Å². The van der Waals surface area contributed by atoms with Gasteiger partial charge >= 0.3 is 0 Å². The highest BCUT2D eigenvalue weighted by atomic mass is 16.3. The summed E-state index contributed by atoms with van der Waals surface area (Å²) < 4.78 is 8.50. The topological polar surface area (TPSA) is 43.9 Å². The van der Waals surface area contributed by atoms with Crippen LogP contribution in [0.25, 0.3) is 94.5 Å². The van der Waals surface area contributed by atoms with E-state index >= 15 is 0 Å². The van der Waals surface area contributed by atoms with E-state index in [1.807, 2.05) is 42.5 Å². The molecule has 10 aromatic rings. The monoisotopic (exact) mass is 639 g/mol. The largest absolute Gasteiger partial charge is 0.456 e. The molecule has 0 atom stereocenters. The lowest BCUT2D eigenvalue weighted by Gasteiger charge is -2.19. The summed E-state index contributed by atoms with van der Waals surface area (Å²) in [7, 11) is 0. The van der Waals surface area contributed by atoms with Crippen molar-refractivity contribution < 1.29 is 4.42 Å². The molecule has 50 heavy (non-hydrogen) atoms. The zero-order valence-electron chi connectivity index (χ0n) is 27.0. The van der Waals surface area contributed by atoms with E-state index in [2.05, 4.69) is 138 Å². The minimum absolute atomic E-state index is 0.692. The maximum atomic E-state index is 6.14. The molecular formula is C46H29N3O. The lowest BCUT2D eigenvalue weighted by molar-refractivity contribution is 0.669. The van der Waals surface area contributed by atoms with Gasteiger partial charge in [0.05, 0.1) is 28.1 Å². The Bertz CT molecular complexity index is 2790. The molecule has 4 nitrogen and oxygen atoms in total. The quantitative estimate of drug-likeness (QED) is 0.188. The summed E-state index contributed by atoms with van der Waals surface area (Å²) in [6.07, 6.45) is 0. The van der Waals surface area contributed by atoms with Gasteiger partial charge in [-0.05, 0) is 47.5 Å². The fourth-order valence-corrected chi connectivity index (χ4v) is 7.28. The predicted molar refractivity (Wildman–Crippen MR) is 205 cm³/mol. The van der Waals surface area contributed by atoms with Gasteiger partial charge in [0.25, 0.3) is 0 Å². The van der Waals surface area contributed by atoms with Crippen molar-refractivity contribution in [2.24, 2.45) is 0 Å². The normalized spacial score (nSPS) is 11.6. The standard InChI is InChI=1S/C46H29N3O/c1-4-14-30(15-5-1)43-45(44(31-16-6-2-7-17-31)48-46(47-43)32-18-8-3-9-19-32)49-39-22-12-10-20-35(39)37-28-33(24-26-40(37)49)34-25-27-42-38(29-34)36-21-11-13-23-41(36)50-42/h1-29H. The van der Waals surface area contributed by atoms with Gasteiger partial charge in [-0.1, -0.05) is 140 Å². The molecule has 0 fully saturated rings. The average Bonchev–Trinajstić information content (AvgIpc) is 3.73. The summed E-state index contributed by atoms with van der Waals surface area (Å²) in [5.74, 6) is 0.692. The van der Waals surface area contributed by atoms with Crippen LogP contribution in [-0.2, 0) is 0 Å². The molecule has 0 aliphatic carbocycles. The van der Waals surface area contributed by atoms with Gasteiger partial charge in [-0.2, -0.15) is 0 Å². The van der Waals surface area contributed by atoms with Gasteiger partial charge in [-0.3, -0.25) is 0 Å².